The second kappa shape index (κ2) is 5.00. The molecular weight excluding hydrogens is 258 g/mol. The van der Waals surface area contributed by atoms with Crippen molar-refractivity contribution in [2.75, 3.05) is 13.1 Å². The number of rotatable bonds is 5. The van der Waals surface area contributed by atoms with Crippen LogP contribution in [0.1, 0.15) is 23.2 Å². The third-order valence-corrected chi connectivity index (χ3v) is 3.50. The van der Waals surface area contributed by atoms with Crippen molar-refractivity contribution in [3.63, 3.8) is 0 Å². The normalized spacial score (nSPS) is 14.4. The molecule has 0 atom stereocenters. The fourth-order valence-corrected chi connectivity index (χ4v) is 2.31. The Morgan fingerprint density at radius 3 is 2.75 bits per heavy atom. The van der Waals surface area contributed by atoms with E-state index in [1.165, 1.54) is 11.2 Å². The maximum Gasteiger partial charge on any atom is 0.323 e. The Labute approximate surface area is 115 Å². The van der Waals surface area contributed by atoms with E-state index in [2.05, 4.69) is 0 Å². The number of amides is 1. The van der Waals surface area contributed by atoms with Gasteiger partial charge in [-0.05, 0) is 24.8 Å². The van der Waals surface area contributed by atoms with Crippen molar-refractivity contribution in [1.29, 1.82) is 0 Å². The van der Waals surface area contributed by atoms with Crippen LogP contribution in [0.2, 0.25) is 0 Å². The molecule has 0 spiro atoms. The van der Waals surface area contributed by atoms with Crippen LogP contribution in [0.15, 0.2) is 34.9 Å². The summed E-state index contributed by atoms with van der Waals surface area (Å²) in [6.07, 6.45) is 3.54. The highest BCUT2D eigenvalue weighted by Gasteiger charge is 2.29. The van der Waals surface area contributed by atoms with E-state index in [0.29, 0.717) is 23.6 Å². The van der Waals surface area contributed by atoms with Crippen LogP contribution in [-0.2, 0) is 4.79 Å². The van der Waals surface area contributed by atoms with Crippen molar-refractivity contribution in [3.05, 3.63) is 36.1 Å². The molecule has 0 saturated heterocycles. The Morgan fingerprint density at radius 2 is 2.05 bits per heavy atom. The van der Waals surface area contributed by atoms with Crippen molar-refractivity contribution in [2.45, 2.75) is 12.8 Å². The molecule has 1 aromatic heterocycles. The van der Waals surface area contributed by atoms with Gasteiger partial charge in [0.05, 0.1) is 5.56 Å². The van der Waals surface area contributed by atoms with Gasteiger partial charge in [-0.3, -0.25) is 9.59 Å². The van der Waals surface area contributed by atoms with Crippen molar-refractivity contribution in [3.8, 4) is 0 Å². The molecule has 1 heterocycles. The van der Waals surface area contributed by atoms with Crippen molar-refractivity contribution in [2.24, 2.45) is 5.92 Å². The Morgan fingerprint density at radius 1 is 1.30 bits per heavy atom. The zero-order valence-corrected chi connectivity index (χ0v) is 10.9. The standard InChI is InChI=1S/C15H15NO4/c17-14(18)8-16(7-10-5-6-10)15(19)12-9-20-13-4-2-1-3-11(12)13/h1-4,9-10H,5-8H2,(H,17,18). The first kappa shape index (κ1) is 12.7. The Hall–Kier alpha value is -2.30. The number of para-hydroxylation sites is 1. The van der Waals surface area contributed by atoms with Gasteiger partial charge in [0.1, 0.15) is 18.4 Å². The molecule has 1 saturated carbocycles. The van der Waals surface area contributed by atoms with E-state index in [9.17, 15) is 9.59 Å². The van der Waals surface area contributed by atoms with Crippen molar-refractivity contribution >= 4 is 22.8 Å². The fourth-order valence-electron chi connectivity index (χ4n) is 2.31. The highest BCUT2D eigenvalue weighted by Crippen LogP contribution is 2.31. The minimum Gasteiger partial charge on any atom is -0.480 e. The van der Waals surface area contributed by atoms with Gasteiger partial charge in [-0.1, -0.05) is 18.2 Å². The van der Waals surface area contributed by atoms with Gasteiger partial charge in [0, 0.05) is 11.9 Å². The quantitative estimate of drug-likeness (QED) is 0.907. The van der Waals surface area contributed by atoms with E-state index in [1.807, 2.05) is 18.2 Å². The summed E-state index contributed by atoms with van der Waals surface area (Å²) < 4.78 is 5.35. The second-order valence-electron chi connectivity index (χ2n) is 5.17. The number of furan rings is 1. The lowest BCUT2D eigenvalue weighted by molar-refractivity contribution is -0.137. The first-order valence-corrected chi connectivity index (χ1v) is 6.62. The summed E-state index contributed by atoms with van der Waals surface area (Å²) in [5.74, 6) is -0.826. The predicted octanol–water partition coefficient (Wildman–Crippen LogP) is 2.37. The van der Waals surface area contributed by atoms with Crippen LogP contribution in [0.5, 0.6) is 0 Å². The van der Waals surface area contributed by atoms with Crippen molar-refractivity contribution < 1.29 is 19.1 Å². The molecule has 104 valence electrons. The summed E-state index contributed by atoms with van der Waals surface area (Å²) in [7, 11) is 0. The lowest BCUT2D eigenvalue weighted by Gasteiger charge is -2.19. The van der Waals surface area contributed by atoms with Crippen LogP contribution in [-0.4, -0.2) is 35.0 Å². The number of hydrogen-bond acceptors (Lipinski definition) is 3. The summed E-state index contributed by atoms with van der Waals surface area (Å²) in [5, 5.41) is 9.69. The third kappa shape index (κ3) is 2.52. The third-order valence-electron chi connectivity index (χ3n) is 3.50. The van der Waals surface area contributed by atoms with Crippen LogP contribution in [0.3, 0.4) is 0 Å². The molecule has 1 aliphatic carbocycles. The Bertz CT molecular complexity index is 657. The van der Waals surface area contributed by atoms with E-state index in [1.54, 1.807) is 6.07 Å². The van der Waals surface area contributed by atoms with Gasteiger partial charge in [0.15, 0.2) is 0 Å². The molecule has 0 aliphatic heterocycles. The smallest absolute Gasteiger partial charge is 0.323 e. The molecule has 0 radical (unpaired) electrons. The largest absolute Gasteiger partial charge is 0.480 e. The lowest BCUT2D eigenvalue weighted by Crippen LogP contribution is -2.37. The Balaban J connectivity index is 1.89. The summed E-state index contributed by atoms with van der Waals surface area (Å²) in [5.41, 5.74) is 1.07. The molecule has 3 rings (SSSR count). The lowest BCUT2D eigenvalue weighted by atomic mass is 10.1. The molecule has 1 aromatic carbocycles. The summed E-state index contributed by atoms with van der Waals surface area (Å²) >= 11 is 0. The average Bonchev–Trinajstić information content (AvgIpc) is 3.14. The topological polar surface area (TPSA) is 70.8 Å². The molecular formula is C15H15NO4. The number of hydrogen-bond donors (Lipinski definition) is 1. The first-order chi connectivity index (χ1) is 9.65. The van der Waals surface area contributed by atoms with Crippen LogP contribution >= 0.6 is 0 Å². The van der Waals surface area contributed by atoms with Crippen LogP contribution in [0.25, 0.3) is 11.0 Å². The monoisotopic (exact) mass is 273 g/mol. The van der Waals surface area contributed by atoms with Gasteiger partial charge < -0.3 is 14.4 Å². The highest BCUT2D eigenvalue weighted by molar-refractivity contribution is 6.06. The molecule has 5 heteroatoms. The van der Waals surface area contributed by atoms with E-state index in [4.69, 9.17) is 9.52 Å². The van der Waals surface area contributed by atoms with Crippen LogP contribution in [0, 0.1) is 5.92 Å². The van der Waals surface area contributed by atoms with E-state index < -0.39 is 5.97 Å². The number of carboxylic acid groups (broad SMARTS) is 1. The number of aliphatic carboxylic acids is 1. The summed E-state index contributed by atoms with van der Waals surface area (Å²) in [4.78, 5) is 24.9. The van der Waals surface area contributed by atoms with Crippen molar-refractivity contribution in [1.82, 2.24) is 4.90 Å². The number of carbonyl (C=O) groups excluding carboxylic acids is 1. The fraction of sp³-hybridized carbons (Fsp3) is 0.333. The van der Waals surface area contributed by atoms with Gasteiger partial charge in [0.2, 0.25) is 0 Å². The molecule has 0 bridgehead atoms. The second-order valence-corrected chi connectivity index (χ2v) is 5.17. The minimum absolute atomic E-state index is 0.269. The molecule has 5 nitrogen and oxygen atoms in total. The van der Waals surface area contributed by atoms with E-state index in [-0.39, 0.29) is 12.5 Å². The zero-order valence-electron chi connectivity index (χ0n) is 10.9. The molecule has 1 aliphatic rings. The predicted molar refractivity (Wildman–Crippen MR) is 72.5 cm³/mol. The van der Waals surface area contributed by atoms with Gasteiger partial charge in [0.25, 0.3) is 5.91 Å². The molecule has 2 aromatic rings. The van der Waals surface area contributed by atoms with Gasteiger partial charge >= 0.3 is 5.97 Å². The molecule has 20 heavy (non-hydrogen) atoms. The number of fused-ring (bicyclic) bond motifs is 1. The first-order valence-electron chi connectivity index (χ1n) is 6.62. The molecule has 1 N–H and O–H groups in total. The maximum absolute atomic E-state index is 12.5. The van der Waals surface area contributed by atoms with Gasteiger partial charge in [-0.2, -0.15) is 0 Å². The maximum atomic E-state index is 12.5. The number of nitrogens with zero attached hydrogens (tertiary/aromatic N) is 1. The van der Waals surface area contributed by atoms with E-state index in [0.717, 1.165) is 18.2 Å². The van der Waals surface area contributed by atoms with Crippen LogP contribution < -0.4 is 0 Å². The highest BCUT2D eigenvalue weighted by atomic mass is 16.4. The molecule has 0 unspecified atom stereocenters. The summed E-state index contributed by atoms with van der Waals surface area (Å²) in [6, 6.07) is 7.26. The van der Waals surface area contributed by atoms with Gasteiger partial charge in [-0.25, -0.2) is 0 Å². The average molecular weight is 273 g/mol. The molecule has 1 amide bonds. The number of carbonyl (C=O) groups is 2. The number of carboxylic acids is 1. The zero-order chi connectivity index (χ0) is 14.1. The van der Waals surface area contributed by atoms with E-state index >= 15 is 0 Å². The summed E-state index contributed by atoms with van der Waals surface area (Å²) in [6.45, 7) is 0.236. The Kier molecular flexibility index (Phi) is 3.18. The number of benzene rings is 1. The molecule has 1 fully saturated rings. The van der Waals surface area contributed by atoms with Crippen LogP contribution in [0.4, 0.5) is 0 Å². The SMILES string of the molecule is O=C(O)CN(CC1CC1)C(=O)c1coc2ccccc12. The minimum atomic E-state index is -0.994. The van der Waals surface area contributed by atoms with Gasteiger partial charge in [-0.15, -0.1) is 0 Å².